The second kappa shape index (κ2) is 7.06. The lowest BCUT2D eigenvalue weighted by Crippen LogP contribution is -2.10. The molecular weight excluding hydrogens is 252 g/mol. The molecule has 0 radical (unpaired) electrons. The molecule has 0 saturated heterocycles. The lowest BCUT2D eigenvalue weighted by atomic mass is 10.0. The summed E-state index contributed by atoms with van der Waals surface area (Å²) in [4.78, 5) is 23.6. The Morgan fingerprint density at radius 2 is 2.06 bits per heavy atom. The Hall–Kier alpha value is -1.49. The number of carbonyl (C=O) groups is 2. The standard InChI is InChI=1S/C13H16O4S/c1-3-17-13(15)10-5-4-6-11(18)9(10)7-8-12(14)16-2/h4-6,18H,3,7-8H2,1-2H3. The third-order valence-corrected chi connectivity index (χ3v) is 2.87. The zero-order valence-electron chi connectivity index (χ0n) is 10.4. The number of hydrogen-bond acceptors (Lipinski definition) is 5. The highest BCUT2D eigenvalue weighted by Crippen LogP contribution is 2.21. The van der Waals surface area contributed by atoms with Crippen molar-refractivity contribution in [3.63, 3.8) is 0 Å². The number of carbonyl (C=O) groups excluding carboxylic acids is 2. The van der Waals surface area contributed by atoms with Gasteiger partial charge in [0.1, 0.15) is 0 Å². The van der Waals surface area contributed by atoms with Crippen LogP contribution in [0.5, 0.6) is 0 Å². The van der Waals surface area contributed by atoms with Gasteiger partial charge in [0.15, 0.2) is 0 Å². The lowest BCUT2D eigenvalue weighted by molar-refractivity contribution is -0.140. The fourth-order valence-corrected chi connectivity index (χ4v) is 1.88. The van der Waals surface area contributed by atoms with Gasteiger partial charge < -0.3 is 9.47 Å². The molecule has 0 atom stereocenters. The highest BCUT2D eigenvalue weighted by Gasteiger charge is 2.15. The van der Waals surface area contributed by atoms with Gasteiger partial charge >= 0.3 is 11.9 Å². The van der Waals surface area contributed by atoms with E-state index in [0.717, 1.165) is 0 Å². The summed E-state index contributed by atoms with van der Waals surface area (Å²) in [5.41, 5.74) is 1.16. The first-order valence-corrected chi connectivity index (χ1v) is 6.09. The molecule has 0 aromatic heterocycles. The third kappa shape index (κ3) is 3.77. The van der Waals surface area contributed by atoms with Crippen molar-refractivity contribution in [2.45, 2.75) is 24.7 Å². The van der Waals surface area contributed by atoms with Crippen LogP contribution >= 0.6 is 12.6 Å². The molecule has 4 nitrogen and oxygen atoms in total. The quantitative estimate of drug-likeness (QED) is 0.657. The summed E-state index contributed by atoms with van der Waals surface area (Å²) in [6.07, 6.45) is 0.612. The molecule has 5 heteroatoms. The molecule has 0 aliphatic rings. The minimum Gasteiger partial charge on any atom is -0.469 e. The Labute approximate surface area is 112 Å². The van der Waals surface area contributed by atoms with E-state index in [2.05, 4.69) is 17.4 Å². The van der Waals surface area contributed by atoms with Crippen molar-refractivity contribution in [2.24, 2.45) is 0 Å². The largest absolute Gasteiger partial charge is 0.469 e. The first-order valence-electron chi connectivity index (χ1n) is 5.65. The summed E-state index contributed by atoms with van der Waals surface area (Å²) in [7, 11) is 1.33. The van der Waals surface area contributed by atoms with E-state index in [1.165, 1.54) is 7.11 Å². The summed E-state index contributed by atoms with van der Waals surface area (Å²) in [5, 5.41) is 0. The van der Waals surface area contributed by atoms with Crippen LogP contribution in [0.25, 0.3) is 0 Å². The molecule has 0 spiro atoms. The van der Waals surface area contributed by atoms with Crippen LogP contribution < -0.4 is 0 Å². The van der Waals surface area contributed by atoms with Crippen LogP contribution in [0, 0.1) is 0 Å². The van der Waals surface area contributed by atoms with Gasteiger partial charge in [-0.05, 0) is 31.0 Å². The summed E-state index contributed by atoms with van der Waals surface area (Å²) >= 11 is 4.30. The van der Waals surface area contributed by atoms with E-state index in [0.29, 0.717) is 29.1 Å². The van der Waals surface area contributed by atoms with Crippen LogP contribution in [0.2, 0.25) is 0 Å². The number of rotatable bonds is 5. The molecule has 98 valence electrons. The Balaban J connectivity index is 2.93. The van der Waals surface area contributed by atoms with Crippen molar-refractivity contribution in [1.82, 2.24) is 0 Å². The maximum atomic E-state index is 11.8. The van der Waals surface area contributed by atoms with Gasteiger partial charge in [-0.1, -0.05) is 6.07 Å². The fraction of sp³-hybridized carbons (Fsp3) is 0.385. The number of thiol groups is 1. The average Bonchev–Trinajstić information content (AvgIpc) is 2.36. The van der Waals surface area contributed by atoms with Gasteiger partial charge in [-0.15, -0.1) is 12.6 Å². The molecule has 0 fully saturated rings. The Morgan fingerprint density at radius 3 is 2.67 bits per heavy atom. The predicted molar refractivity (Wildman–Crippen MR) is 70.0 cm³/mol. The van der Waals surface area contributed by atoms with E-state index in [9.17, 15) is 9.59 Å². The topological polar surface area (TPSA) is 52.6 Å². The molecule has 0 aliphatic heterocycles. The second-order valence-electron chi connectivity index (χ2n) is 3.60. The van der Waals surface area contributed by atoms with Crippen LogP contribution in [0.1, 0.15) is 29.3 Å². The summed E-state index contributed by atoms with van der Waals surface area (Å²) in [6.45, 7) is 2.06. The van der Waals surface area contributed by atoms with E-state index >= 15 is 0 Å². The zero-order valence-corrected chi connectivity index (χ0v) is 11.3. The average molecular weight is 268 g/mol. The molecular formula is C13H16O4S. The highest BCUT2D eigenvalue weighted by molar-refractivity contribution is 7.80. The smallest absolute Gasteiger partial charge is 0.338 e. The van der Waals surface area contributed by atoms with Crippen molar-refractivity contribution in [3.8, 4) is 0 Å². The summed E-state index contributed by atoms with van der Waals surface area (Å²) < 4.78 is 9.55. The van der Waals surface area contributed by atoms with Crippen LogP contribution in [-0.2, 0) is 20.7 Å². The van der Waals surface area contributed by atoms with Gasteiger partial charge in [0.05, 0.1) is 19.3 Å². The first kappa shape index (κ1) is 14.6. The number of benzene rings is 1. The monoisotopic (exact) mass is 268 g/mol. The SMILES string of the molecule is CCOC(=O)c1cccc(S)c1CCC(=O)OC. The molecule has 0 N–H and O–H groups in total. The molecule has 1 rings (SSSR count). The highest BCUT2D eigenvalue weighted by atomic mass is 32.1. The minimum atomic E-state index is -0.395. The maximum absolute atomic E-state index is 11.8. The Kier molecular flexibility index (Phi) is 5.71. The van der Waals surface area contributed by atoms with E-state index < -0.39 is 5.97 Å². The van der Waals surface area contributed by atoms with Gasteiger partial charge in [-0.25, -0.2) is 4.79 Å². The maximum Gasteiger partial charge on any atom is 0.338 e. The van der Waals surface area contributed by atoms with Crippen LogP contribution in [0.4, 0.5) is 0 Å². The van der Waals surface area contributed by atoms with Crippen molar-refractivity contribution < 1.29 is 19.1 Å². The van der Waals surface area contributed by atoms with Gasteiger partial charge in [0.2, 0.25) is 0 Å². The number of methoxy groups -OCH3 is 1. The molecule has 1 aromatic carbocycles. The molecule has 1 aromatic rings. The van der Waals surface area contributed by atoms with Crippen LogP contribution in [0.3, 0.4) is 0 Å². The van der Waals surface area contributed by atoms with Crippen molar-refractivity contribution in [3.05, 3.63) is 29.3 Å². The number of ether oxygens (including phenoxy) is 2. The van der Waals surface area contributed by atoms with Crippen molar-refractivity contribution in [1.29, 1.82) is 0 Å². The predicted octanol–water partition coefficient (Wildman–Crippen LogP) is 2.26. The summed E-state index contributed by atoms with van der Waals surface area (Å²) in [5.74, 6) is -0.713. The summed E-state index contributed by atoms with van der Waals surface area (Å²) in [6, 6.07) is 5.18. The first-order chi connectivity index (χ1) is 8.60. The number of esters is 2. The van der Waals surface area contributed by atoms with E-state index in [-0.39, 0.29) is 12.4 Å². The Morgan fingerprint density at radius 1 is 1.33 bits per heavy atom. The number of hydrogen-bond donors (Lipinski definition) is 1. The molecule has 0 amide bonds. The molecule has 0 unspecified atom stereocenters. The minimum absolute atomic E-state index is 0.209. The molecule has 0 saturated carbocycles. The molecule has 0 bridgehead atoms. The third-order valence-electron chi connectivity index (χ3n) is 2.45. The van der Waals surface area contributed by atoms with Crippen LogP contribution in [-0.4, -0.2) is 25.7 Å². The molecule has 0 heterocycles. The van der Waals surface area contributed by atoms with Gasteiger partial charge in [-0.3, -0.25) is 4.79 Å². The van der Waals surface area contributed by atoms with Crippen molar-refractivity contribution in [2.75, 3.05) is 13.7 Å². The fourth-order valence-electron chi connectivity index (χ4n) is 1.57. The molecule has 18 heavy (non-hydrogen) atoms. The Bertz CT molecular complexity index is 443. The zero-order chi connectivity index (χ0) is 13.5. The normalized spacial score (nSPS) is 9.94. The van der Waals surface area contributed by atoms with E-state index in [1.807, 2.05) is 0 Å². The lowest BCUT2D eigenvalue weighted by Gasteiger charge is -2.10. The van der Waals surface area contributed by atoms with E-state index in [4.69, 9.17) is 4.74 Å². The van der Waals surface area contributed by atoms with Gasteiger partial charge in [0.25, 0.3) is 0 Å². The van der Waals surface area contributed by atoms with Crippen molar-refractivity contribution >= 4 is 24.6 Å². The van der Waals surface area contributed by atoms with Crippen LogP contribution in [0.15, 0.2) is 23.1 Å². The van der Waals surface area contributed by atoms with E-state index in [1.54, 1.807) is 25.1 Å². The van der Waals surface area contributed by atoms with Gasteiger partial charge in [-0.2, -0.15) is 0 Å². The molecule has 0 aliphatic carbocycles. The van der Waals surface area contributed by atoms with Gasteiger partial charge in [0, 0.05) is 11.3 Å². The second-order valence-corrected chi connectivity index (χ2v) is 4.08.